The first-order valence-electron chi connectivity index (χ1n) is 9.09. The van der Waals surface area contributed by atoms with Gasteiger partial charge >= 0.3 is 0 Å². The van der Waals surface area contributed by atoms with Gasteiger partial charge in [-0.15, -0.1) is 0 Å². The molecule has 2 heterocycles. The zero-order valence-electron chi connectivity index (χ0n) is 16.2. The molecule has 0 bridgehead atoms. The Kier molecular flexibility index (Phi) is 6.44. The van der Waals surface area contributed by atoms with E-state index in [1.54, 1.807) is 11.0 Å². The monoisotopic (exact) mass is 342 g/mol. The normalized spacial score (nSPS) is 16.4. The van der Waals surface area contributed by atoms with Crippen LogP contribution in [0.4, 0.5) is 0 Å². The third-order valence-electron chi connectivity index (χ3n) is 4.98. The number of carbonyl (C=O) groups is 1. The van der Waals surface area contributed by atoms with Crippen molar-refractivity contribution >= 4 is 12.0 Å². The number of likely N-dealkylation sites (N-methyl/N-ethyl adjacent to an activating group) is 1. The molecule has 0 aliphatic carbocycles. The number of nitrogens with zero attached hydrogens (tertiary/aromatic N) is 4. The standard InChI is InChI=1S/C20H30N4O/c1-15(2)6-7-24-16(3)12-18(17(24)4)13-19(14-21)20(25)23-10-8-22(5)9-11-23/h12-13,15H,6-11H2,1-5H3. The summed E-state index contributed by atoms with van der Waals surface area (Å²) < 4.78 is 2.28. The summed E-state index contributed by atoms with van der Waals surface area (Å²) in [6.45, 7) is 12.6. The van der Waals surface area contributed by atoms with Gasteiger partial charge in [0.15, 0.2) is 0 Å². The molecule has 1 saturated heterocycles. The number of aromatic nitrogens is 1. The molecule has 1 fully saturated rings. The van der Waals surface area contributed by atoms with Crippen molar-refractivity contribution in [1.29, 1.82) is 5.26 Å². The number of aryl methyl sites for hydroxylation is 1. The molecule has 0 N–H and O–H groups in total. The fraction of sp³-hybridized carbons (Fsp3) is 0.600. The Morgan fingerprint density at radius 2 is 1.92 bits per heavy atom. The first kappa shape index (κ1) is 19.3. The van der Waals surface area contributed by atoms with Crippen LogP contribution in [-0.2, 0) is 11.3 Å². The van der Waals surface area contributed by atoms with Crippen LogP contribution in [0.5, 0.6) is 0 Å². The van der Waals surface area contributed by atoms with E-state index in [-0.39, 0.29) is 11.5 Å². The molecule has 1 aliphatic rings. The van der Waals surface area contributed by atoms with Crippen LogP contribution < -0.4 is 0 Å². The lowest BCUT2D eigenvalue weighted by Gasteiger charge is -2.32. The lowest BCUT2D eigenvalue weighted by atomic mass is 10.1. The largest absolute Gasteiger partial charge is 0.349 e. The van der Waals surface area contributed by atoms with E-state index in [1.165, 1.54) is 5.69 Å². The fourth-order valence-corrected chi connectivity index (χ4v) is 3.18. The van der Waals surface area contributed by atoms with Crippen LogP contribution in [0.3, 0.4) is 0 Å². The van der Waals surface area contributed by atoms with Gasteiger partial charge in [-0.1, -0.05) is 13.8 Å². The molecular weight excluding hydrogens is 312 g/mol. The van der Waals surface area contributed by atoms with Crippen LogP contribution in [0, 0.1) is 31.1 Å². The summed E-state index contributed by atoms with van der Waals surface area (Å²) >= 11 is 0. The van der Waals surface area contributed by atoms with E-state index in [1.807, 2.05) is 0 Å². The zero-order valence-corrected chi connectivity index (χ0v) is 16.2. The molecule has 1 amide bonds. The molecule has 0 unspecified atom stereocenters. The molecule has 1 aromatic heterocycles. The van der Waals surface area contributed by atoms with E-state index in [4.69, 9.17) is 0 Å². The average Bonchev–Trinajstić information content (AvgIpc) is 2.84. The molecule has 1 aromatic rings. The van der Waals surface area contributed by atoms with Crippen molar-refractivity contribution in [2.75, 3.05) is 33.2 Å². The number of piperazine rings is 1. The number of carbonyl (C=O) groups excluding carboxylic acids is 1. The highest BCUT2D eigenvalue weighted by atomic mass is 16.2. The Hall–Kier alpha value is -2.06. The maximum atomic E-state index is 12.7. The summed E-state index contributed by atoms with van der Waals surface area (Å²) in [5.41, 5.74) is 3.50. The van der Waals surface area contributed by atoms with E-state index < -0.39 is 0 Å². The van der Waals surface area contributed by atoms with Crippen molar-refractivity contribution in [3.63, 3.8) is 0 Å². The van der Waals surface area contributed by atoms with E-state index in [0.717, 1.165) is 37.3 Å². The summed E-state index contributed by atoms with van der Waals surface area (Å²) in [5, 5.41) is 9.50. The van der Waals surface area contributed by atoms with Crippen molar-refractivity contribution in [2.24, 2.45) is 5.92 Å². The van der Waals surface area contributed by atoms with Crippen LogP contribution in [-0.4, -0.2) is 53.5 Å². The SMILES string of the molecule is Cc1cc(C=C(C#N)C(=O)N2CCN(C)CC2)c(C)n1CCC(C)C. The van der Waals surface area contributed by atoms with Crippen LogP contribution >= 0.6 is 0 Å². The van der Waals surface area contributed by atoms with Crippen LogP contribution in [0.25, 0.3) is 6.08 Å². The van der Waals surface area contributed by atoms with E-state index >= 15 is 0 Å². The third kappa shape index (κ3) is 4.73. The van der Waals surface area contributed by atoms with Crippen LogP contribution in [0.1, 0.15) is 37.2 Å². The lowest BCUT2D eigenvalue weighted by Crippen LogP contribution is -2.47. The first-order chi connectivity index (χ1) is 11.8. The highest BCUT2D eigenvalue weighted by molar-refractivity contribution is 6.01. The molecule has 5 nitrogen and oxygen atoms in total. The van der Waals surface area contributed by atoms with Gasteiger partial charge in [0.2, 0.25) is 0 Å². The summed E-state index contributed by atoms with van der Waals surface area (Å²) in [6, 6.07) is 4.19. The molecule has 25 heavy (non-hydrogen) atoms. The molecule has 5 heteroatoms. The maximum absolute atomic E-state index is 12.7. The second kappa shape index (κ2) is 8.35. The molecule has 136 valence electrons. The Labute approximate surface area is 151 Å². The quantitative estimate of drug-likeness (QED) is 0.611. The molecule has 0 spiro atoms. The number of hydrogen-bond donors (Lipinski definition) is 0. The average molecular weight is 342 g/mol. The molecular formula is C20H30N4O. The van der Waals surface area contributed by atoms with Crippen molar-refractivity contribution in [3.8, 4) is 6.07 Å². The third-order valence-corrected chi connectivity index (χ3v) is 4.98. The zero-order chi connectivity index (χ0) is 18.6. The van der Waals surface area contributed by atoms with Gasteiger partial charge in [-0.3, -0.25) is 4.79 Å². The number of rotatable bonds is 5. The topological polar surface area (TPSA) is 52.3 Å². The molecule has 0 aromatic carbocycles. The predicted molar refractivity (Wildman–Crippen MR) is 101 cm³/mol. The Bertz CT molecular complexity index is 685. The van der Waals surface area contributed by atoms with Crippen molar-refractivity contribution in [3.05, 3.63) is 28.6 Å². The summed E-state index contributed by atoms with van der Waals surface area (Å²) in [4.78, 5) is 16.6. The maximum Gasteiger partial charge on any atom is 0.264 e. The molecule has 0 atom stereocenters. The number of hydrogen-bond acceptors (Lipinski definition) is 3. The summed E-state index contributed by atoms with van der Waals surface area (Å²) in [7, 11) is 2.05. The second-order valence-corrected chi connectivity index (χ2v) is 7.43. The number of amides is 1. The van der Waals surface area contributed by atoms with Crippen molar-refractivity contribution in [2.45, 2.75) is 40.7 Å². The van der Waals surface area contributed by atoms with Crippen LogP contribution in [0.15, 0.2) is 11.6 Å². The molecule has 1 aliphatic heterocycles. The van der Waals surface area contributed by atoms with Gasteiger partial charge in [0.1, 0.15) is 11.6 Å². The minimum Gasteiger partial charge on any atom is -0.349 e. The highest BCUT2D eigenvalue weighted by Gasteiger charge is 2.22. The molecule has 2 rings (SSSR count). The highest BCUT2D eigenvalue weighted by Crippen LogP contribution is 2.20. The minimum absolute atomic E-state index is 0.150. The van der Waals surface area contributed by atoms with Gasteiger partial charge in [-0.05, 0) is 50.9 Å². The van der Waals surface area contributed by atoms with E-state index in [2.05, 4.69) is 56.3 Å². The van der Waals surface area contributed by atoms with Crippen molar-refractivity contribution in [1.82, 2.24) is 14.4 Å². The summed E-state index contributed by atoms with van der Waals surface area (Å²) in [5.74, 6) is 0.497. The van der Waals surface area contributed by atoms with Gasteiger partial charge < -0.3 is 14.4 Å². The first-order valence-corrected chi connectivity index (χ1v) is 9.09. The van der Waals surface area contributed by atoms with Gasteiger partial charge in [0.05, 0.1) is 0 Å². The fourth-order valence-electron chi connectivity index (χ4n) is 3.18. The number of nitriles is 1. The van der Waals surface area contributed by atoms with Gasteiger partial charge in [-0.2, -0.15) is 5.26 Å². The molecule has 0 saturated carbocycles. The van der Waals surface area contributed by atoms with Gasteiger partial charge in [0.25, 0.3) is 5.91 Å². The second-order valence-electron chi connectivity index (χ2n) is 7.43. The Balaban J connectivity index is 2.20. The lowest BCUT2D eigenvalue weighted by molar-refractivity contribution is -0.128. The minimum atomic E-state index is -0.150. The van der Waals surface area contributed by atoms with Gasteiger partial charge in [0, 0.05) is 44.1 Å². The van der Waals surface area contributed by atoms with Gasteiger partial charge in [-0.25, -0.2) is 0 Å². The summed E-state index contributed by atoms with van der Waals surface area (Å²) in [6.07, 6.45) is 2.87. The smallest absolute Gasteiger partial charge is 0.264 e. The molecule has 0 radical (unpaired) electrons. The van der Waals surface area contributed by atoms with E-state index in [9.17, 15) is 10.1 Å². The predicted octanol–water partition coefficient (Wildman–Crippen LogP) is 2.83. The Morgan fingerprint density at radius 3 is 2.48 bits per heavy atom. The Morgan fingerprint density at radius 1 is 1.28 bits per heavy atom. The van der Waals surface area contributed by atoms with E-state index in [0.29, 0.717) is 19.0 Å². The van der Waals surface area contributed by atoms with Crippen molar-refractivity contribution < 1.29 is 4.79 Å². The van der Waals surface area contributed by atoms with Crippen LogP contribution in [0.2, 0.25) is 0 Å².